The molecule has 2 aromatic carbocycles. The van der Waals surface area contributed by atoms with E-state index in [0.29, 0.717) is 22.8 Å². The van der Waals surface area contributed by atoms with Gasteiger partial charge in [-0.05, 0) is 48.0 Å². The first-order chi connectivity index (χ1) is 16.9. The number of hydrogen-bond acceptors (Lipinski definition) is 5. The third-order valence-electron chi connectivity index (χ3n) is 5.60. The molecule has 1 aliphatic heterocycles. The quantitative estimate of drug-likeness (QED) is 0.380. The fraction of sp³-hybridized carbons (Fsp3) is 0.125. The van der Waals surface area contributed by atoms with Crippen LogP contribution in [-0.4, -0.2) is 45.5 Å². The highest BCUT2D eigenvalue weighted by Crippen LogP contribution is 2.28. The number of hydrogen-bond donors (Lipinski definition) is 3. The molecular formula is C24H18Cl2N6O3. The molecule has 0 radical (unpaired) electrons. The second kappa shape index (κ2) is 9.36. The Balaban J connectivity index is 1.35. The van der Waals surface area contributed by atoms with Crippen LogP contribution in [0.4, 0.5) is 11.5 Å². The van der Waals surface area contributed by atoms with E-state index in [1.807, 2.05) is 12.1 Å². The molecule has 5 rings (SSSR count). The molecule has 1 atom stereocenters. The molecule has 0 saturated heterocycles. The summed E-state index contributed by atoms with van der Waals surface area (Å²) in [6.07, 6.45) is 0.299. The number of aromatic amines is 1. The van der Waals surface area contributed by atoms with Gasteiger partial charge in [-0.3, -0.25) is 14.4 Å². The summed E-state index contributed by atoms with van der Waals surface area (Å²) in [7, 11) is 0. The number of fused-ring (bicyclic) bond motifs is 2. The summed E-state index contributed by atoms with van der Waals surface area (Å²) in [4.78, 5) is 43.4. The van der Waals surface area contributed by atoms with E-state index in [1.165, 1.54) is 17.0 Å². The Bertz CT molecular complexity index is 1450. The second-order valence-corrected chi connectivity index (χ2v) is 8.81. The van der Waals surface area contributed by atoms with Crippen molar-refractivity contribution in [1.29, 1.82) is 0 Å². The molecule has 176 valence electrons. The minimum Gasteiger partial charge on any atom is -0.351 e. The zero-order chi connectivity index (χ0) is 24.5. The molecule has 35 heavy (non-hydrogen) atoms. The van der Waals surface area contributed by atoms with Crippen LogP contribution in [0.15, 0.2) is 60.7 Å². The number of benzene rings is 2. The molecule has 0 spiro atoms. The van der Waals surface area contributed by atoms with Crippen LogP contribution < -0.4 is 15.5 Å². The van der Waals surface area contributed by atoms with E-state index >= 15 is 0 Å². The van der Waals surface area contributed by atoms with Gasteiger partial charge in [0.1, 0.15) is 18.3 Å². The van der Waals surface area contributed by atoms with Crippen molar-refractivity contribution in [1.82, 2.24) is 20.5 Å². The van der Waals surface area contributed by atoms with Gasteiger partial charge in [0.25, 0.3) is 5.91 Å². The second-order valence-electron chi connectivity index (χ2n) is 7.99. The van der Waals surface area contributed by atoms with Gasteiger partial charge in [0.15, 0.2) is 11.0 Å². The molecule has 0 saturated carbocycles. The molecule has 1 aliphatic rings. The van der Waals surface area contributed by atoms with Crippen molar-refractivity contribution >= 4 is 63.3 Å². The van der Waals surface area contributed by atoms with E-state index in [9.17, 15) is 14.4 Å². The van der Waals surface area contributed by atoms with Crippen molar-refractivity contribution < 1.29 is 14.4 Å². The van der Waals surface area contributed by atoms with Crippen LogP contribution in [-0.2, 0) is 16.0 Å². The lowest BCUT2D eigenvalue weighted by Gasteiger charge is -2.34. The van der Waals surface area contributed by atoms with Gasteiger partial charge in [-0.1, -0.05) is 41.4 Å². The van der Waals surface area contributed by atoms with Gasteiger partial charge >= 0.3 is 0 Å². The molecule has 1 unspecified atom stereocenters. The number of carbonyl (C=O) groups is 3. The summed E-state index contributed by atoms with van der Waals surface area (Å²) in [5, 5.41) is 14.4. The summed E-state index contributed by atoms with van der Waals surface area (Å²) in [6.45, 7) is -0.266. The Morgan fingerprint density at radius 1 is 1.06 bits per heavy atom. The molecule has 3 N–H and O–H groups in total. The first-order valence-electron chi connectivity index (χ1n) is 10.6. The van der Waals surface area contributed by atoms with E-state index in [4.69, 9.17) is 23.2 Å². The van der Waals surface area contributed by atoms with E-state index in [-0.39, 0.29) is 17.5 Å². The average Bonchev–Trinajstić information content (AvgIpc) is 3.26. The monoisotopic (exact) mass is 508 g/mol. The van der Waals surface area contributed by atoms with Gasteiger partial charge in [0.05, 0.1) is 0 Å². The molecular weight excluding hydrogens is 491 g/mol. The van der Waals surface area contributed by atoms with Crippen molar-refractivity contribution in [3.8, 4) is 0 Å². The number of rotatable bonds is 5. The first-order valence-corrected chi connectivity index (χ1v) is 11.4. The van der Waals surface area contributed by atoms with E-state index < -0.39 is 23.8 Å². The molecule has 3 heterocycles. The summed E-state index contributed by atoms with van der Waals surface area (Å²) in [5.74, 6) is -1.09. The van der Waals surface area contributed by atoms with Gasteiger partial charge in [0, 0.05) is 28.0 Å². The number of halogens is 2. The van der Waals surface area contributed by atoms with Crippen molar-refractivity contribution in [2.45, 2.75) is 12.5 Å². The topological polar surface area (TPSA) is 120 Å². The van der Waals surface area contributed by atoms with E-state index in [2.05, 4.69) is 25.8 Å². The number of aromatic nitrogens is 3. The fourth-order valence-corrected chi connectivity index (χ4v) is 4.29. The largest absolute Gasteiger partial charge is 0.351 e. The number of anilines is 2. The van der Waals surface area contributed by atoms with E-state index in [0.717, 1.165) is 16.5 Å². The average molecular weight is 509 g/mol. The highest BCUT2D eigenvalue weighted by Gasteiger charge is 2.35. The molecule has 0 fully saturated rings. The van der Waals surface area contributed by atoms with Crippen LogP contribution >= 0.6 is 23.2 Å². The van der Waals surface area contributed by atoms with Crippen LogP contribution in [0.25, 0.3) is 10.9 Å². The lowest BCUT2D eigenvalue weighted by molar-refractivity contribution is -0.123. The van der Waals surface area contributed by atoms with Gasteiger partial charge in [0.2, 0.25) is 11.8 Å². The van der Waals surface area contributed by atoms with Crippen LogP contribution in [0.5, 0.6) is 0 Å². The van der Waals surface area contributed by atoms with Gasteiger partial charge < -0.3 is 20.5 Å². The van der Waals surface area contributed by atoms with Crippen LogP contribution in [0, 0.1) is 0 Å². The Morgan fingerprint density at radius 2 is 1.89 bits per heavy atom. The molecule has 11 heteroatoms. The van der Waals surface area contributed by atoms with Crippen LogP contribution in [0.1, 0.15) is 16.1 Å². The zero-order valence-corrected chi connectivity index (χ0v) is 19.6. The summed E-state index contributed by atoms with van der Waals surface area (Å²) in [6, 6.07) is 16.3. The molecule has 0 bridgehead atoms. The van der Waals surface area contributed by atoms with Crippen LogP contribution in [0.2, 0.25) is 10.2 Å². The Kier molecular flexibility index (Phi) is 6.10. The van der Waals surface area contributed by atoms with Gasteiger partial charge in [-0.2, -0.15) is 0 Å². The minimum absolute atomic E-state index is 0.194. The number of para-hydroxylation sites is 1. The fourth-order valence-electron chi connectivity index (χ4n) is 4.01. The minimum atomic E-state index is -0.851. The highest BCUT2D eigenvalue weighted by molar-refractivity contribution is 6.31. The number of nitrogens with one attached hydrogen (secondary N) is 3. The summed E-state index contributed by atoms with van der Waals surface area (Å²) >= 11 is 11.8. The lowest BCUT2D eigenvalue weighted by Crippen LogP contribution is -2.54. The molecule has 0 aliphatic carbocycles. The normalized spacial score (nSPS) is 15.1. The summed E-state index contributed by atoms with van der Waals surface area (Å²) < 4.78 is 0. The van der Waals surface area contributed by atoms with Crippen molar-refractivity contribution in [2.75, 3.05) is 16.8 Å². The maximum absolute atomic E-state index is 13.4. The highest BCUT2D eigenvalue weighted by atomic mass is 35.5. The summed E-state index contributed by atoms with van der Waals surface area (Å²) in [5.41, 5.74) is 2.50. The third kappa shape index (κ3) is 4.82. The van der Waals surface area contributed by atoms with Gasteiger partial charge in [-0.15, -0.1) is 10.2 Å². The van der Waals surface area contributed by atoms with Crippen molar-refractivity contribution in [2.24, 2.45) is 0 Å². The first kappa shape index (κ1) is 22.8. The standard InChI is InChI=1S/C24H18Cl2N6O3/c25-15-5-6-16-14(9-15)11-17(27-16)23(34)28-18-10-13-3-1-2-4-19(13)32(24(18)35)12-22(33)29-21-8-7-20(26)30-31-21/h1-9,11,18,27H,10,12H2,(H,28,34)(H,29,31,33). The SMILES string of the molecule is O=C(CN1C(=O)C(NC(=O)c2cc3cc(Cl)ccc3[nH]2)Cc2ccccc21)Nc1ccc(Cl)nn1. The number of H-pyrrole nitrogens is 1. The smallest absolute Gasteiger partial charge is 0.268 e. The van der Waals surface area contributed by atoms with Crippen molar-refractivity contribution in [3.05, 3.63) is 82.1 Å². The van der Waals surface area contributed by atoms with E-state index in [1.54, 1.807) is 36.4 Å². The number of amides is 3. The zero-order valence-electron chi connectivity index (χ0n) is 18.1. The maximum Gasteiger partial charge on any atom is 0.268 e. The Morgan fingerprint density at radius 3 is 2.69 bits per heavy atom. The molecule has 9 nitrogen and oxygen atoms in total. The predicted octanol–water partition coefficient (Wildman–Crippen LogP) is 3.59. The third-order valence-corrected chi connectivity index (χ3v) is 6.04. The number of carbonyl (C=O) groups excluding carboxylic acids is 3. The predicted molar refractivity (Wildman–Crippen MR) is 133 cm³/mol. The van der Waals surface area contributed by atoms with Gasteiger partial charge in [-0.25, -0.2) is 0 Å². The Labute approximate surface area is 209 Å². The maximum atomic E-state index is 13.4. The van der Waals surface area contributed by atoms with Crippen molar-refractivity contribution in [3.63, 3.8) is 0 Å². The molecule has 3 amide bonds. The number of nitrogens with zero attached hydrogens (tertiary/aromatic N) is 3. The lowest BCUT2D eigenvalue weighted by atomic mass is 9.97. The molecule has 4 aromatic rings. The molecule has 2 aromatic heterocycles. The van der Waals surface area contributed by atoms with Crippen LogP contribution in [0.3, 0.4) is 0 Å². The Hall–Kier alpha value is -3.95.